The van der Waals surface area contributed by atoms with E-state index in [1.165, 1.54) is 10.9 Å². The lowest BCUT2D eigenvalue weighted by Gasteiger charge is -2.04. The van der Waals surface area contributed by atoms with Crippen LogP contribution >= 0.6 is 0 Å². The molecule has 0 aliphatic rings. The molecule has 0 saturated carbocycles. The number of aliphatic hydroxyl groups excluding tert-OH is 1. The van der Waals surface area contributed by atoms with Crippen LogP contribution in [-0.2, 0) is 6.54 Å². The topological polar surface area (TPSA) is 57.2 Å². The summed E-state index contributed by atoms with van der Waals surface area (Å²) in [6.45, 7) is 3.06. The molecule has 136 valence electrons. The third-order valence-corrected chi connectivity index (χ3v) is 4.50. The molecule has 2 aromatic heterocycles. The first-order valence-corrected chi connectivity index (χ1v) is 8.89. The fraction of sp³-hybridized carbons (Fsp3) is 0.130. The second-order valence-electron chi connectivity index (χ2n) is 5.97. The summed E-state index contributed by atoms with van der Waals surface area (Å²) in [6, 6.07) is 20.2. The number of phenolic OH excluding ortho intramolecular Hbond substituents is 1. The number of phenols is 1. The largest absolute Gasteiger partial charge is 0.506 e. The lowest BCUT2D eigenvalue weighted by molar-refractivity contribution is -0.669. The molecule has 4 aromatic rings. The SMILES string of the molecule is CC[n+]1c(/C=C/c2ccc(O)c3ncccc23)ccc2ccccc21.CO. The van der Waals surface area contributed by atoms with Gasteiger partial charge in [0.1, 0.15) is 17.8 Å². The number of rotatable bonds is 3. The number of benzene rings is 2. The number of aliphatic hydroxyl groups is 1. The summed E-state index contributed by atoms with van der Waals surface area (Å²) in [4.78, 5) is 4.28. The van der Waals surface area contributed by atoms with Gasteiger partial charge in [-0.1, -0.05) is 24.3 Å². The van der Waals surface area contributed by atoms with E-state index in [1.54, 1.807) is 12.3 Å². The Morgan fingerprint density at radius 3 is 2.56 bits per heavy atom. The normalized spacial score (nSPS) is 10.9. The van der Waals surface area contributed by atoms with Crippen molar-refractivity contribution in [2.75, 3.05) is 7.11 Å². The van der Waals surface area contributed by atoms with Gasteiger partial charge in [-0.3, -0.25) is 4.98 Å². The van der Waals surface area contributed by atoms with Gasteiger partial charge in [-0.15, -0.1) is 0 Å². The first-order valence-electron chi connectivity index (χ1n) is 8.89. The third kappa shape index (κ3) is 3.66. The molecule has 4 nitrogen and oxygen atoms in total. The monoisotopic (exact) mass is 359 g/mol. The van der Waals surface area contributed by atoms with Crippen LogP contribution in [0.4, 0.5) is 0 Å². The van der Waals surface area contributed by atoms with E-state index in [0.717, 1.165) is 30.3 Å². The highest BCUT2D eigenvalue weighted by Gasteiger charge is 2.11. The van der Waals surface area contributed by atoms with Crippen LogP contribution < -0.4 is 4.57 Å². The van der Waals surface area contributed by atoms with Gasteiger partial charge in [0.05, 0.1) is 0 Å². The van der Waals surface area contributed by atoms with Crippen molar-refractivity contribution in [3.8, 4) is 5.75 Å². The number of aryl methyl sites for hydroxylation is 1. The standard InChI is InChI=1S/C22H18N2O.CH4O/c1-2-24-18(13-10-17-6-3-4-8-20(17)24)12-9-16-11-14-21(25)22-19(16)7-5-15-23-22;1-2/h3-15H,2H2,1H3;2H,1H3/p+1. The zero-order chi connectivity index (χ0) is 19.2. The van der Waals surface area contributed by atoms with Crippen LogP contribution in [0, 0.1) is 0 Å². The van der Waals surface area contributed by atoms with Gasteiger partial charge in [0.25, 0.3) is 0 Å². The van der Waals surface area contributed by atoms with Crippen molar-refractivity contribution >= 4 is 34.0 Å². The van der Waals surface area contributed by atoms with E-state index in [-0.39, 0.29) is 5.75 Å². The second kappa shape index (κ2) is 8.43. The van der Waals surface area contributed by atoms with Crippen LogP contribution in [0.1, 0.15) is 18.2 Å². The molecule has 2 aromatic carbocycles. The summed E-state index contributed by atoms with van der Waals surface area (Å²) in [5.41, 5.74) is 4.04. The molecule has 0 bridgehead atoms. The number of hydrogen-bond donors (Lipinski definition) is 2. The fourth-order valence-electron chi connectivity index (χ4n) is 3.28. The average molecular weight is 359 g/mol. The molecule has 2 N–H and O–H groups in total. The Hall–Kier alpha value is -3.24. The molecule has 27 heavy (non-hydrogen) atoms. The summed E-state index contributed by atoms with van der Waals surface area (Å²) < 4.78 is 2.30. The molecular formula is C23H23N2O2+. The summed E-state index contributed by atoms with van der Waals surface area (Å²) in [5, 5.41) is 19.2. The van der Waals surface area contributed by atoms with Gasteiger partial charge >= 0.3 is 0 Å². The maximum Gasteiger partial charge on any atom is 0.212 e. The maximum atomic E-state index is 9.99. The minimum Gasteiger partial charge on any atom is -0.506 e. The lowest BCUT2D eigenvalue weighted by atomic mass is 10.1. The van der Waals surface area contributed by atoms with Crippen LogP contribution in [-0.4, -0.2) is 22.3 Å². The van der Waals surface area contributed by atoms with Gasteiger partial charge in [-0.2, -0.15) is 4.57 Å². The minimum absolute atomic E-state index is 0.210. The summed E-state index contributed by atoms with van der Waals surface area (Å²) in [6.07, 6.45) is 5.90. The van der Waals surface area contributed by atoms with E-state index >= 15 is 0 Å². The van der Waals surface area contributed by atoms with Crippen molar-refractivity contribution in [2.45, 2.75) is 13.5 Å². The fourth-order valence-corrected chi connectivity index (χ4v) is 3.28. The van der Waals surface area contributed by atoms with Crippen molar-refractivity contribution in [1.82, 2.24) is 4.98 Å². The Labute approximate surface area is 158 Å². The number of para-hydroxylation sites is 1. The lowest BCUT2D eigenvalue weighted by Crippen LogP contribution is -2.36. The van der Waals surface area contributed by atoms with Crippen LogP contribution in [0.5, 0.6) is 5.75 Å². The Morgan fingerprint density at radius 2 is 1.74 bits per heavy atom. The van der Waals surface area contributed by atoms with Crippen LogP contribution in [0.15, 0.2) is 66.9 Å². The van der Waals surface area contributed by atoms with Gasteiger partial charge in [0, 0.05) is 42.3 Å². The zero-order valence-corrected chi connectivity index (χ0v) is 15.5. The quantitative estimate of drug-likeness (QED) is 0.540. The maximum absolute atomic E-state index is 9.99. The number of pyridine rings is 2. The molecule has 0 fully saturated rings. The summed E-state index contributed by atoms with van der Waals surface area (Å²) >= 11 is 0. The second-order valence-corrected chi connectivity index (χ2v) is 5.97. The first kappa shape index (κ1) is 18.5. The highest BCUT2D eigenvalue weighted by molar-refractivity contribution is 5.93. The van der Waals surface area contributed by atoms with Gasteiger partial charge in [0.2, 0.25) is 11.2 Å². The van der Waals surface area contributed by atoms with Crippen molar-refractivity contribution in [3.05, 3.63) is 78.1 Å². The molecule has 0 atom stereocenters. The molecule has 0 radical (unpaired) electrons. The smallest absolute Gasteiger partial charge is 0.212 e. The molecule has 0 aliphatic heterocycles. The number of aromatic hydroxyl groups is 1. The van der Waals surface area contributed by atoms with Gasteiger partial charge in [-0.25, -0.2) is 0 Å². The first-order chi connectivity index (χ1) is 13.3. The van der Waals surface area contributed by atoms with Crippen molar-refractivity contribution in [2.24, 2.45) is 0 Å². The molecule has 0 aliphatic carbocycles. The van der Waals surface area contributed by atoms with E-state index < -0.39 is 0 Å². The summed E-state index contributed by atoms with van der Waals surface area (Å²) in [5.74, 6) is 0.210. The average Bonchev–Trinajstić information content (AvgIpc) is 2.74. The molecule has 4 rings (SSSR count). The number of nitrogens with zero attached hydrogens (tertiary/aromatic N) is 2. The van der Waals surface area contributed by atoms with Gasteiger partial charge in [-0.05, 0) is 42.8 Å². The Bertz CT molecular complexity index is 1100. The number of hydrogen-bond acceptors (Lipinski definition) is 3. The Kier molecular flexibility index (Phi) is 5.79. The predicted molar refractivity (Wildman–Crippen MR) is 110 cm³/mol. The van der Waals surface area contributed by atoms with E-state index in [4.69, 9.17) is 5.11 Å². The molecule has 0 unspecified atom stereocenters. The van der Waals surface area contributed by atoms with Crippen LogP contribution in [0.3, 0.4) is 0 Å². The van der Waals surface area contributed by atoms with E-state index in [2.05, 4.69) is 65.0 Å². The Morgan fingerprint density at radius 1 is 0.926 bits per heavy atom. The van der Waals surface area contributed by atoms with Crippen molar-refractivity contribution in [1.29, 1.82) is 0 Å². The highest BCUT2D eigenvalue weighted by atomic mass is 16.3. The third-order valence-electron chi connectivity index (χ3n) is 4.50. The van der Waals surface area contributed by atoms with Crippen LogP contribution in [0.2, 0.25) is 0 Å². The molecular weight excluding hydrogens is 336 g/mol. The van der Waals surface area contributed by atoms with E-state index in [1.807, 2.05) is 18.2 Å². The number of fused-ring (bicyclic) bond motifs is 2. The minimum atomic E-state index is 0.210. The zero-order valence-electron chi connectivity index (χ0n) is 15.5. The Balaban J connectivity index is 0.00000102. The molecule has 4 heteroatoms. The molecule has 0 spiro atoms. The molecule has 0 saturated heterocycles. The predicted octanol–water partition coefficient (Wildman–Crippen LogP) is 4.18. The van der Waals surface area contributed by atoms with Crippen LogP contribution in [0.25, 0.3) is 34.0 Å². The molecule has 2 heterocycles. The van der Waals surface area contributed by atoms with Gasteiger partial charge < -0.3 is 10.2 Å². The van der Waals surface area contributed by atoms with E-state index in [0.29, 0.717) is 5.52 Å². The van der Waals surface area contributed by atoms with Crippen molar-refractivity contribution in [3.63, 3.8) is 0 Å². The highest BCUT2D eigenvalue weighted by Crippen LogP contribution is 2.26. The summed E-state index contributed by atoms with van der Waals surface area (Å²) in [7, 11) is 1.00. The van der Waals surface area contributed by atoms with Gasteiger partial charge in [0.15, 0.2) is 0 Å². The van der Waals surface area contributed by atoms with E-state index in [9.17, 15) is 5.11 Å². The molecule has 0 amide bonds. The van der Waals surface area contributed by atoms with Crippen molar-refractivity contribution < 1.29 is 14.8 Å². The number of aromatic nitrogens is 2.